The second-order valence-corrected chi connectivity index (χ2v) is 7.76. The van der Waals surface area contributed by atoms with E-state index >= 15 is 0 Å². The topological polar surface area (TPSA) is 91.0 Å². The zero-order valence-corrected chi connectivity index (χ0v) is 16.1. The van der Waals surface area contributed by atoms with Crippen LogP contribution in [0.4, 0.5) is 0 Å². The minimum absolute atomic E-state index is 0.0644. The Morgan fingerprint density at radius 1 is 1.14 bits per heavy atom. The fourth-order valence-corrected chi connectivity index (χ4v) is 4.27. The van der Waals surface area contributed by atoms with Crippen molar-refractivity contribution in [2.24, 2.45) is 0 Å². The lowest BCUT2D eigenvalue weighted by Crippen LogP contribution is -2.39. The summed E-state index contributed by atoms with van der Waals surface area (Å²) < 4.78 is 0. The highest BCUT2D eigenvalue weighted by Crippen LogP contribution is 2.30. The fourth-order valence-electron chi connectivity index (χ4n) is 4.27. The summed E-state index contributed by atoms with van der Waals surface area (Å²) in [6.45, 7) is 0.721. The van der Waals surface area contributed by atoms with Gasteiger partial charge >= 0.3 is 0 Å². The van der Waals surface area contributed by atoms with Gasteiger partial charge in [-0.3, -0.25) is 19.7 Å². The summed E-state index contributed by atoms with van der Waals surface area (Å²) in [6.07, 6.45) is 9.36. The Hall–Kier alpha value is -2.70. The van der Waals surface area contributed by atoms with Gasteiger partial charge in [-0.15, -0.1) is 0 Å². The Labute approximate surface area is 164 Å². The smallest absolute Gasteiger partial charge is 0.271 e. The highest BCUT2D eigenvalue weighted by Gasteiger charge is 2.30. The predicted octanol–water partition coefficient (Wildman–Crippen LogP) is 2.77. The van der Waals surface area contributed by atoms with Crippen molar-refractivity contribution in [3.05, 3.63) is 47.5 Å². The Kier molecular flexibility index (Phi) is 5.69. The zero-order chi connectivity index (χ0) is 19.3. The molecule has 7 heteroatoms. The third-order valence-corrected chi connectivity index (χ3v) is 5.76. The van der Waals surface area contributed by atoms with E-state index < -0.39 is 0 Å². The number of pyridine rings is 1. The summed E-state index contributed by atoms with van der Waals surface area (Å²) in [4.78, 5) is 31.5. The molecule has 2 aliphatic rings. The number of H-pyrrole nitrogens is 1. The van der Waals surface area contributed by atoms with Gasteiger partial charge in [0.05, 0.1) is 18.2 Å². The molecule has 2 aromatic heterocycles. The van der Waals surface area contributed by atoms with E-state index in [2.05, 4.69) is 20.5 Å². The number of carbonyl (C=O) groups excluding carboxylic acids is 2. The van der Waals surface area contributed by atoms with E-state index in [-0.39, 0.29) is 23.9 Å². The van der Waals surface area contributed by atoms with Gasteiger partial charge in [0.1, 0.15) is 5.69 Å². The summed E-state index contributed by atoms with van der Waals surface area (Å²) >= 11 is 0. The predicted molar refractivity (Wildman–Crippen MR) is 105 cm³/mol. The number of amides is 2. The first-order valence-electron chi connectivity index (χ1n) is 10.3. The molecule has 1 aliphatic heterocycles. The minimum Gasteiger partial charge on any atom is -0.348 e. The largest absolute Gasteiger partial charge is 0.348 e. The van der Waals surface area contributed by atoms with Crippen LogP contribution in [0, 0.1) is 0 Å². The van der Waals surface area contributed by atoms with Crippen molar-refractivity contribution >= 4 is 11.8 Å². The molecule has 2 fully saturated rings. The normalized spacial score (nSPS) is 20.3. The van der Waals surface area contributed by atoms with Crippen LogP contribution in [0.2, 0.25) is 0 Å². The molecular weight excluding hydrogens is 354 g/mol. The Morgan fingerprint density at radius 2 is 1.96 bits per heavy atom. The average molecular weight is 381 g/mol. The lowest BCUT2D eigenvalue weighted by molar-refractivity contribution is -0.134. The molecule has 28 heavy (non-hydrogen) atoms. The molecule has 7 nitrogen and oxygen atoms in total. The summed E-state index contributed by atoms with van der Waals surface area (Å²) in [5.74, 6) is -0.0634. The van der Waals surface area contributed by atoms with Crippen LogP contribution in [-0.4, -0.2) is 44.5 Å². The number of hydrogen-bond acceptors (Lipinski definition) is 4. The van der Waals surface area contributed by atoms with Crippen molar-refractivity contribution < 1.29 is 9.59 Å². The first-order chi connectivity index (χ1) is 13.7. The van der Waals surface area contributed by atoms with Crippen molar-refractivity contribution in [2.75, 3.05) is 6.54 Å². The molecule has 0 spiro atoms. The van der Waals surface area contributed by atoms with Crippen LogP contribution in [-0.2, 0) is 11.2 Å². The molecule has 1 atom stereocenters. The summed E-state index contributed by atoms with van der Waals surface area (Å²) in [6, 6.07) is 7.62. The Bertz CT molecular complexity index is 813. The fraction of sp³-hybridized carbons (Fsp3) is 0.524. The molecule has 2 amide bonds. The number of aromatic nitrogens is 3. The molecule has 0 bridgehead atoms. The number of hydrogen-bond donors (Lipinski definition) is 2. The molecule has 0 aromatic carbocycles. The van der Waals surface area contributed by atoms with Crippen molar-refractivity contribution in [3.63, 3.8) is 0 Å². The van der Waals surface area contributed by atoms with Gasteiger partial charge in [0, 0.05) is 24.5 Å². The van der Waals surface area contributed by atoms with E-state index in [0.29, 0.717) is 12.1 Å². The molecule has 1 aliphatic carbocycles. The third kappa shape index (κ3) is 4.24. The summed E-state index contributed by atoms with van der Waals surface area (Å²) in [5.41, 5.74) is 2.02. The molecule has 1 saturated heterocycles. The molecule has 3 heterocycles. The molecule has 2 N–H and O–H groups in total. The highest BCUT2D eigenvalue weighted by atomic mass is 16.2. The van der Waals surface area contributed by atoms with E-state index in [1.165, 1.54) is 12.8 Å². The van der Waals surface area contributed by atoms with Crippen molar-refractivity contribution in [1.82, 2.24) is 25.4 Å². The van der Waals surface area contributed by atoms with Crippen LogP contribution in [0.3, 0.4) is 0 Å². The maximum absolute atomic E-state index is 12.9. The van der Waals surface area contributed by atoms with Gasteiger partial charge in [0.2, 0.25) is 5.91 Å². The number of piperidine rings is 1. The monoisotopic (exact) mass is 381 g/mol. The number of rotatable bonds is 5. The standard InChI is InChI=1S/C21H27N5O2/c27-20(13-16-9-3-5-11-22-16)26-12-6-4-10-19(26)17-14-18(25-24-17)21(28)23-15-7-1-2-8-15/h3,5,9,11,14-15,19H,1-2,4,6-8,10,12-13H2,(H,23,28)(H,24,25)/t19-/m1/s1. The van der Waals surface area contributed by atoms with Gasteiger partial charge in [-0.2, -0.15) is 5.10 Å². The number of aromatic amines is 1. The van der Waals surface area contributed by atoms with Gasteiger partial charge < -0.3 is 10.2 Å². The highest BCUT2D eigenvalue weighted by molar-refractivity contribution is 5.92. The van der Waals surface area contributed by atoms with E-state index in [1.54, 1.807) is 12.3 Å². The molecular formula is C21H27N5O2. The zero-order valence-electron chi connectivity index (χ0n) is 16.1. The number of nitrogens with zero attached hydrogens (tertiary/aromatic N) is 3. The Balaban J connectivity index is 1.44. The van der Waals surface area contributed by atoms with Crippen molar-refractivity contribution in [3.8, 4) is 0 Å². The van der Waals surface area contributed by atoms with Crippen LogP contribution in [0.5, 0.6) is 0 Å². The van der Waals surface area contributed by atoms with Gasteiger partial charge in [-0.05, 0) is 50.3 Å². The van der Waals surface area contributed by atoms with Crippen LogP contribution in [0.15, 0.2) is 30.5 Å². The molecule has 4 rings (SSSR count). The molecule has 1 saturated carbocycles. The van der Waals surface area contributed by atoms with Crippen LogP contribution >= 0.6 is 0 Å². The van der Waals surface area contributed by atoms with E-state index in [1.807, 2.05) is 23.1 Å². The van der Waals surface area contributed by atoms with Crippen molar-refractivity contribution in [2.45, 2.75) is 63.5 Å². The van der Waals surface area contributed by atoms with Gasteiger partial charge in [-0.25, -0.2) is 0 Å². The van der Waals surface area contributed by atoms with E-state index in [4.69, 9.17) is 0 Å². The molecule has 2 aromatic rings. The quantitative estimate of drug-likeness (QED) is 0.833. The van der Waals surface area contributed by atoms with Crippen molar-refractivity contribution in [1.29, 1.82) is 0 Å². The second kappa shape index (κ2) is 8.54. The maximum atomic E-state index is 12.9. The Morgan fingerprint density at radius 3 is 2.75 bits per heavy atom. The number of likely N-dealkylation sites (tertiary alicyclic amines) is 1. The maximum Gasteiger partial charge on any atom is 0.271 e. The minimum atomic E-state index is -0.128. The van der Waals surface area contributed by atoms with Crippen LogP contribution < -0.4 is 5.32 Å². The molecule has 0 unspecified atom stereocenters. The lowest BCUT2D eigenvalue weighted by atomic mass is 9.98. The van der Waals surface area contributed by atoms with E-state index in [9.17, 15) is 9.59 Å². The average Bonchev–Trinajstić information content (AvgIpc) is 3.41. The van der Waals surface area contributed by atoms with Gasteiger partial charge in [-0.1, -0.05) is 18.9 Å². The van der Waals surface area contributed by atoms with Gasteiger partial charge in [0.25, 0.3) is 5.91 Å². The van der Waals surface area contributed by atoms with Crippen LogP contribution in [0.1, 0.15) is 72.9 Å². The number of carbonyl (C=O) groups is 2. The van der Waals surface area contributed by atoms with Gasteiger partial charge in [0.15, 0.2) is 0 Å². The number of nitrogens with one attached hydrogen (secondary N) is 2. The van der Waals surface area contributed by atoms with E-state index in [0.717, 1.165) is 50.0 Å². The first-order valence-corrected chi connectivity index (χ1v) is 10.3. The van der Waals surface area contributed by atoms with Crippen LogP contribution in [0.25, 0.3) is 0 Å². The SMILES string of the molecule is O=C(NC1CCCC1)c1cc([C@H]2CCCCN2C(=O)Cc2ccccn2)[nH]n1. The first kappa shape index (κ1) is 18.7. The lowest BCUT2D eigenvalue weighted by Gasteiger charge is -2.35. The third-order valence-electron chi connectivity index (χ3n) is 5.76. The second-order valence-electron chi connectivity index (χ2n) is 7.76. The summed E-state index contributed by atoms with van der Waals surface area (Å²) in [5, 5.41) is 10.3. The summed E-state index contributed by atoms with van der Waals surface area (Å²) in [7, 11) is 0. The molecule has 0 radical (unpaired) electrons. The molecule has 148 valence electrons.